The number of carbonyl (C=O) groups excluding carboxylic acids is 3. The summed E-state index contributed by atoms with van der Waals surface area (Å²) in [5.74, 6) is 1.09. The second kappa shape index (κ2) is 8.98. The predicted octanol–water partition coefficient (Wildman–Crippen LogP) is 2.11. The summed E-state index contributed by atoms with van der Waals surface area (Å²) >= 11 is 0. The van der Waals surface area contributed by atoms with Crippen LogP contribution in [-0.4, -0.2) is 60.8 Å². The summed E-state index contributed by atoms with van der Waals surface area (Å²) in [6.45, 7) is 2.13. The van der Waals surface area contributed by atoms with E-state index in [0.717, 1.165) is 6.42 Å². The highest BCUT2D eigenvalue weighted by molar-refractivity contribution is 5.84. The largest absolute Gasteiger partial charge is 0.484 e. The zero-order valence-electron chi connectivity index (χ0n) is 16.7. The average molecular weight is 407 g/mol. The molecule has 1 saturated carbocycles. The van der Waals surface area contributed by atoms with E-state index in [-0.39, 0.29) is 24.3 Å². The van der Waals surface area contributed by atoms with Crippen LogP contribution in [0.5, 0.6) is 5.75 Å². The van der Waals surface area contributed by atoms with Crippen LogP contribution >= 0.6 is 0 Å². The molecule has 1 heterocycles. The van der Waals surface area contributed by atoms with Crippen molar-refractivity contribution in [3.8, 4) is 5.75 Å². The van der Waals surface area contributed by atoms with E-state index in [2.05, 4.69) is 17.4 Å². The van der Waals surface area contributed by atoms with Crippen LogP contribution in [0.4, 0.5) is 5.69 Å². The fourth-order valence-corrected chi connectivity index (χ4v) is 3.90. The summed E-state index contributed by atoms with van der Waals surface area (Å²) in [4.78, 5) is 39.3. The molecule has 1 saturated heterocycles. The van der Waals surface area contributed by atoms with Crippen molar-refractivity contribution in [1.29, 1.82) is 0 Å². The third kappa shape index (κ3) is 4.62. The Balaban J connectivity index is 1.21. The van der Waals surface area contributed by atoms with Gasteiger partial charge in [-0.15, -0.1) is 0 Å². The first kappa shape index (κ1) is 19.9. The maximum atomic E-state index is 12.8. The van der Waals surface area contributed by atoms with Gasteiger partial charge in [0.15, 0.2) is 6.61 Å². The van der Waals surface area contributed by atoms with E-state index in [9.17, 15) is 14.4 Å². The Labute approximate surface area is 175 Å². The zero-order chi connectivity index (χ0) is 20.9. The minimum Gasteiger partial charge on any atom is -0.484 e. The third-order valence-electron chi connectivity index (χ3n) is 5.72. The zero-order valence-corrected chi connectivity index (χ0v) is 16.7. The smallest absolute Gasteiger partial charge is 0.260 e. The van der Waals surface area contributed by atoms with Gasteiger partial charge in [0.2, 0.25) is 12.3 Å². The Kier molecular flexibility index (Phi) is 5.97. The Bertz CT molecular complexity index is 892. The lowest BCUT2D eigenvalue weighted by atomic mass is 10.1. The van der Waals surface area contributed by atoms with Crippen molar-refractivity contribution in [3.05, 3.63) is 60.2 Å². The topological polar surface area (TPSA) is 79.0 Å². The molecular weight excluding hydrogens is 382 g/mol. The summed E-state index contributed by atoms with van der Waals surface area (Å²) in [6, 6.07) is 17.0. The Morgan fingerprint density at radius 3 is 2.30 bits per heavy atom. The van der Waals surface area contributed by atoms with E-state index in [1.807, 2.05) is 23.1 Å². The number of piperazine rings is 1. The van der Waals surface area contributed by atoms with Gasteiger partial charge in [-0.05, 0) is 42.2 Å². The molecule has 1 aliphatic heterocycles. The van der Waals surface area contributed by atoms with Gasteiger partial charge >= 0.3 is 0 Å². The first-order valence-corrected chi connectivity index (χ1v) is 10.2. The number of benzene rings is 2. The molecule has 0 aromatic heterocycles. The van der Waals surface area contributed by atoms with Gasteiger partial charge in [-0.1, -0.05) is 30.3 Å². The molecule has 0 bridgehead atoms. The summed E-state index contributed by atoms with van der Waals surface area (Å²) in [6.07, 6.45) is 1.52. The number of hydrogen-bond acceptors (Lipinski definition) is 4. The van der Waals surface area contributed by atoms with Crippen molar-refractivity contribution >= 4 is 23.9 Å². The number of anilines is 1. The van der Waals surface area contributed by atoms with Gasteiger partial charge in [-0.2, -0.15) is 0 Å². The molecule has 0 spiro atoms. The molecule has 4 rings (SSSR count). The van der Waals surface area contributed by atoms with Crippen molar-refractivity contribution in [2.45, 2.75) is 12.3 Å². The van der Waals surface area contributed by atoms with Gasteiger partial charge in [-0.25, -0.2) is 0 Å². The summed E-state index contributed by atoms with van der Waals surface area (Å²) in [7, 11) is 0. The van der Waals surface area contributed by atoms with Crippen molar-refractivity contribution in [2.24, 2.45) is 5.92 Å². The van der Waals surface area contributed by atoms with Crippen LogP contribution in [0.2, 0.25) is 0 Å². The Morgan fingerprint density at radius 1 is 0.967 bits per heavy atom. The van der Waals surface area contributed by atoms with E-state index in [0.29, 0.717) is 49.9 Å². The second-order valence-corrected chi connectivity index (χ2v) is 7.64. The molecule has 0 unspecified atom stereocenters. The molecule has 0 radical (unpaired) electrons. The fraction of sp³-hybridized carbons (Fsp3) is 0.348. The minimum absolute atomic E-state index is 0.0485. The standard InChI is InChI=1S/C23H25N3O4/c27-16-24-18-6-8-19(9-7-18)30-15-22(28)25-10-12-26(13-11-25)23(29)21-14-20(21)17-4-2-1-3-5-17/h1-9,16,20-21H,10-15H2,(H,24,27)/t20-,21+/m0/s1. The highest BCUT2D eigenvalue weighted by atomic mass is 16.5. The van der Waals surface area contributed by atoms with Crippen molar-refractivity contribution in [2.75, 3.05) is 38.1 Å². The van der Waals surface area contributed by atoms with E-state index < -0.39 is 0 Å². The van der Waals surface area contributed by atoms with Crippen molar-refractivity contribution in [3.63, 3.8) is 0 Å². The maximum absolute atomic E-state index is 12.8. The van der Waals surface area contributed by atoms with Crippen LogP contribution in [0.15, 0.2) is 54.6 Å². The van der Waals surface area contributed by atoms with Gasteiger partial charge < -0.3 is 19.9 Å². The second-order valence-electron chi connectivity index (χ2n) is 7.64. The van der Waals surface area contributed by atoms with Crippen LogP contribution in [0.3, 0.4) is 0 Å². The number of ether oxygens (including phenoxy) is 1. The quantitative estimate of drug-likeness (QED) is 0.713. The van der Waals surface area contributed by atoms with Crippen LogP contribution < -0.4 is 10.1 Å². The number of carbonyl (C=O) groups is 3. The third-order valence-corrected chi connectivity index (χ3v) is 5.72. The fourth-order valence-electron chi connectivity index (χ4n) is 3.90. The van der Waals surface area contributed by atoms with E-state index in [1.165, 1.54) is 5.56 Å². The molecule has 2 atom stereocenters. The first-order chi connectivity index (χ1) is 14.7. The molecule has 1 aliphatic carbocycles. The van der Waals surface area contributed by atoms with E-state index >= 15 is 0 Å². The molecule has 7 heteroatoms. The molecule has 2 aliphatic rings. The predicted molar refractivity (Wildman–Crippen MR) is 112 cm³/mol. The molecular formula is C23H25N3O4. The first-order valence-electron chi connectivity index (χ1n) is 10.2. The molecule has 7 nitrogen and oxygen atoms in total. The summed E-state index contributed by atoms with van der Waals surface area (Å²) in [5.41, 5.74) is 1.89. The van der Waals surface area contributed by atoms with Gasteiger partial charge in [0.1, 0.15) is 5.75 Å². The van der Waals surface area contributed by atoms with Gasteiger partial charge in [0.25, 0.3) is 5.91 Å². The SMILES string of the molecule is O=CNc1ccc(OCC(=O)N2CCN(C(=O)[C@@H]3C[C@H]3c3ccccc3)CC2)cc1. The highest BCUT2D eigenvalue weighted by Crippen LogP contribution is 2.48. The number of hydrogen-bond donors (Lipinski definition) is 1. The van der Waals surface area contributed by atoms with Crippen LogP contribution in [-0.2, 0) is 14.4 Å². The Hall–Kier alpha value is -3.35. The number of nitrogens with zero attached hydrogens (tertiary/aromatic N) is 2. The maximum Gasteiger partial charge on any atom is 0.260 e. The lowest BCUT2D eigenvalue weighted by Gasteiger charge is -2.35. The lowest BCUT2D eigenvalue weighted by Crippen LogP contribution is -2.52. The number of nitrogens with one attached hydrogen (secondary N) is 1. The Morgan fingerprint density at radius 2 is 1.63 bits per heavy atom. The van der Waals surface area contributed by atoms with Crippen LogP contribution in [0.1, 0.15) is 17.9 Å². The summed E-state index contributed by atoms with van der Waals surface area (Å²) < 4.78 is 5.55. The monoisotopic (exact) mass is 407 g/mol. The molecule has 3 amide bonds. The highest BCUT2D eigenvalue weighted by Gasteiger charge is 2.46. The van der Waals surface area contributed by atoms with Gasteiger partial charge in [0, 0.05) is 37.8 Å². The van der Waals surface area contributed by atoms with Crippen LogP contribution in [0.25, 0.3) is 0 Å². The van der Waals surface area contributed by atoms with E-state index in [4.69, 9.17) is 4.74 Å². The molecule has 30 heavy (non-hydrogen) atoms. The van der Waals surface area contributed by atoms with Gasteiger partial charge in [-0.3, -0.25) is 14.4 Å². The van der Waals surface area contributed by atoms with Crippen molar-refractivity contribution < 1.29 is 19.1 Å². The molecule has 2 aromatic rings. The van der Waals surface area contributed by atoms with E-state index in [1.54, 1.807) is 29.2 Å². The minimum atomic E-state index is -0.0919. The molecule has 1 N–H and O–H groups in total. The average Bonchev–Trinajstić information content (AvgIpc) is 3.60. The molecule has 2 fully saturated rings. The molecule has 2 aromatic carbocycles. The van der Waals surface area contributed by atoms with Crippen LogP contribution in [0, 0.1) is 5.92 Å². The molecule has 156 valence electrons. The lowest BCUT2D eigenvalue weighted by molar-refractivity contribution is -0.141. The van der Waals surface area contributed by atoms with Gasteiger partial charge in [0.05, 0.1) is 0 Å². The number of rotatable bonds is 7. The summed E-state index contributed by atoms with van der Waals surface area (Å²) in [5, 5.41) is 2.55. The normalized spacial score (nSPS) is 20.4. The number of amides is 3. The van der Waals surface area contributed by atoms with Crippen molar-refractivity contribution in [1.82, 2.24) is 9.80 Å².